The Labute approximate surface area is 288 Å². The summed E-state index contributed by atoms with van der Waals surface area (Å²) in [7, 11) is 0. The highest BCUT2D eigenvalue weighted by molar-refractivity contribution is 5.91. The Kier molecular flexibility index (Phi) is 23.3. The molecule has 0 aliphatic carbocycles. The monoisotopic (exact) mass is 727 g/mol. The van der Waals surface area contributed by atoms with Crippen LogP contribution in [0.25, 0.3) is 0 Å². The highest BCUT2D eigenvalue weighted by atomic mass is 16.4. The molecule has 0 aromatic heterocycles. The van der Waals surface area contributed by atoms with Gasteiger partial charge in [-0.25, -0.2) is 0 Å². The van der Waals surface area contributed by atoms with Crippen LogP contribution in [0, 0.1) is 11.8 Å². The molecule has 0 rings (SSSR count). The van der Waals surface area contributed by atoms with Gasteiger partial charge in [-0.05, 0) is 25.7 Å². The number of rotatable bonds is 28. The highest BCUT2D eigenvalue weighted by Gasteiger charge is 2.32. The first kappa shape index (κ1) is 46.8. The molecule has 0 saturated carbocycles. The second kappa shape index (κ2) is 24.9. The van der Waals surface area contributed by atoms with Crippen LogP contribution in [-0.4, -0.2) is 173 Å². The van der Waals surface area contributed by atoms with Gasteiger partial charge in [0.1, 0.15) is 42.9 Å². The summed E-state index contributed by atoms with van der Waals surface area (Å²) in [5, 5.41) is 111. The smallest absolute Gasteiger partial charge is 0.303 e. The Morgan fingerprint density at radius 2 is 1.08 bits per heavy atom. The van der Waals surface area contributed by atoms with Gasteiger partial charge in [-0.1, -0.05) is 6.92 Å². The van der Waals surface area contributed by atoms with Crippen molar-refractivity contribution in [3.05, 3.63) is 0 Å². The summed E-state index contributed by atoms with van der Waals surface area (Å²) in [5.74, 6) is -5.85. The van der Waals surface area contributed by atoms with Gasteiger partial charge < -0.3 is 76.9 Å². The fourth-order valence-corrected chi connectivity index (χ4v) is 4.61. The third kappa shape index (κ3) is 17.7. The molecule has 0 aliphatic rings. The normalized spacial score (nSPS) is 18.1. The van der Waals surface area contributed by atoms with Crippen LogP contribution in [0.5, 0.6) is 0 Å². The van der Waals surface area contributed by atoms with Gasteiger partial charge >= 0.3 is 5.97 Å². The zero-order valence-corrected chi connectivity index (χ0v) is 27.8. The number of aliphatic carboxylic acids is 1. The number of carboxylic acids is 1. The minimum atomic E-state index is -1.91. The van der Waals surface area contributed by atoms with Gasteiger partial charge in [0.2, 0.25) is 17.7 Å². The number of amides is 3. The molecule has 11 atom stereocenters. The van der Waals surface area contributed by atoms with Crippen molar-refractivity contribution in [2.75, 3.05) is 26.3 Å². The number of aliphatic hydroxyl groups excluding tert-OH is 10. The minimum Gasteiger partial charge on any atom is -0.481 e. The number of hydrogen-bond acceptors (Lipinski definition) is 16. The van der Waals surface area contributed by atoms with Gasteiger partial charge in [0.25, 0.3) is 0 Å². The molecule has 0 aromatic carbocycles. The second-order valence-electron chi connectivity index (χ2n) is 11.9. The Morgan fingerprint density at radius 3 is 1.48 bits per heavy atom. The van der Waals surface area contributed by atoms with Crippen LogP contribution >= 0.6 is 0 Å². The Bertz CT molecular complexity index is 1070. The van der Waals surface area contributed by atoms with Crippen LogP contribution in [0.3, 0.4) is 0 Å². The fourth-order valence-electron chi connectivity index (χ4n) is 4.61. The van der Waals surface area contributed by atoms with Crippen molar-refractivity contribution in [1.29, 1.82) is 0 Å². The Morgan fingerprint density at radius 1 is 0.640 bits per heavy atom. The number of nitrogens with one attached hydrogen (secondary N) is 3. The zero-order valence-electron chi connectivity index (χ0n) is 27.8. The molecular weight excluding hydrogens is 674 g/mol. The van der Waals surface area contributed by atoms with Gasteiger partial charge in [-0.15, -0.1) is 0 Å². The van der Waals surface area contributed by atoms with E-state index in [0.717, 1.165) is 0 Å². The SMILES string of the molecule is CC[C@@H](CCC(=O)NC[C@H](O)[C@@H](O)[C@H](O)[C@H](O)CO)C(=O)N[C@@H](CCC(=O)O)C(=O)C[C@H](C=O)CCC(=O)NC[C@H](O)[C@@H](O)[C@H](O)[C@H](O)CO. The molecule has 290 valence electrons. The van der Waals surface area contributed by atoms with Crippen LogP contribution in [0.1, 0.15) is 58.3 Å². The van der Waals surface area contributed by atoms with Crippen LogP contribution in [-0.2, 0) is 28.8 Å². The Balaban J connectivity index is 5.12. The molecule has 0 aliphatic heterocycles. The van der Waals surface area contributed by atoms with E-state index < -0.39 is 135 Å². The molecule has 20 heteroatoms. The number of carboxylic acid groups (broad SMARTS) is 1. The number of carbonyl (C=O) groups excluding carboxylic acids is 5. The standard InChI is InChI=1S/C30H53N3O17/c1-2-16(4-7-24(43)32-11-20(39)27(47)29(49)22(41)14-36)30(50)33-17(5-8-25(44)45)18(37)9-15(12-34)3-6-23(42)31-10-19(38)26(46)28(48)21(40)13-35/h12,15-17,19-22,26-29,35-36,38-41,46-49H,2-11,13-14H2,1H3,(H,31,42)(H,32,43)(H,33,50)(H,44,45)/t15-,16+,17+,19+,20+,21-,22-,26-,27-,28-,29-/m1/s1. The maximum absolute atomic E-state index is 13.1. The predicted molar refractivity (Wildman–Crippen MR) is 168 cm³/mol. The molecule has 0 bridgehead atoms. The highest BCUT2D eigenvalue weighted by Crippen LogP contribution is 2.16. The summed E-state index contributed by atoms with van der Waals surface area (Å²) < 4.78 is 0. The average Bonchev–Trinajstić information content (AvgIpc) is 3.10. The van der Waals surface area contributed by atoms with Crippen molar-refractivity contribution >= 4 is 35.8 Å². The van der Waals surface area contributed by atoms with Crippen LogP contribution < -0.4 is 16.0 Å². The molecule has 0 fully saturated rings. The minimum absolute atomic E-state index is 0.0444. The summed E-state index contributed by atoms with van der Waals surface area (Å²) in [5.41, 5.74) is 0. The van der Waals surface area contributed by atoms with Crippen molar-refractivity contribution in [2.45, 2.75) is 113 Å². The summed E-state index contributed by atoms with van der Waals surface area (Å²) in [4.78, 5) is 73.5. The first-order valence-electron chi connectivity index (χ1n) is 16.1. The lowest BCUT2D eigenvalue weighted by molar-refractivity contribution is -0.138. The largest absolute Gasteiger partial charge is 0.481 e. The third-order valence-electron chi connectivity index (χ3n) is 8.00. The van der Waals surface area contributed by atoms with E-state index >= 15 is 0 Å². The quantitative estimate of drug-likeness (QED) is 0.0333. The van der Waals surface area contributed by atoms with Crippen LogP contribution in [0.15, 0.2) is 0 Å². The van der Waals surface area contributed by atoms with E-state index in [2.05, 4.69) is 16.0 Å². The summed E-state index contributed by atoms with van der Waals surface area (Å²) in [6, 6.07) is -1.33. The topological polar surface area (TPSA) is 361 Å². The number of aldehydes is 1. The van der Waals surface area contributed by atoms with E-state index in [0.29, 0.717) is 6.29 Å². The summed E-state index contributed by atoms with van der Waals surface area (Å²) in [6.07, 6.45) is -16.0. The lowest BCUT2D eigenvalue weighted by atomic mass is 9.92. The van der Waals surface area contributed by atoms with Crippen LogP contribution in [0.4, 0.5) is 0 Å². The molecule has 50 heavy (non-hydrogen) atoms. The number of aliphatic hydroxyl groups is 10. The van der Waals surface area contributed by atoms with E-state index in [1.54, 1.807) is 6.92 Å². The Hall–Kier alpha value is -3.18. The van der Waals surface area contributed by atoms with E-state index in [4.69, 9.17) is 15.3 Å². The number of Topliss-reactive ketones (excluding diaryl/α,β-unsaturated/α-hetero) is 1. The number of hydrogen-bond donors (Lipinski definition) is 14. The fraction of sp³-hybridized carbons (Fsp3) is 0.800. The molecule has 3 amide bonds. The van der Waals surface area contributed by atoms with Crippen LogP contribution in [0.2, 0.25) is 0 Å². The molecule has 20 nitrogen and oxygen atoms in total. The first-order chi connectivity index (χ1) is 23.4. The van der Waals surface area contributed by atoms with E-state index in [9.17, 15) is 69.6 Å². The molecule has 0 spiro atoms. The molecule has 0 saturated heterocycles. The lowest BCUT2D eigenvalue weighted by Crippen LogP contribution is -2.49. The van der Waals surface area contributed by atoms with Crippen molar-refractivity contribution in [3.8, 4) is 0 Å². The molecular formula is C30H53N3O17. The van der Waals surface area contributed by atoms with Crippen molar-refractivity contribution in [1.82, 2.24) is 16.0 Å². The zero-order chi connectivity index (χ0) is 38.6. The third-order valence-corrected chi connectivity index (χ3v) is 8.00. The van der Waals surface area contributed by atoms with E-state index in [1.807, 2.05) is 0 Å². The second-order valence-corrected chi connectivity index (χ2v) is 11.9. The van der Waals surface area contributed by atoms with Gasteiger partial charge in [0.15, 0.2) is 5.78 Å². The van der Waals surface area contributed by atoms with Gasteiger partial charge in [-0.2, -0.15) is 0 Å². The number of carbonyl (C=O) groups is 6. The lowest BCUT2D eigenvalue weighted by Gasteiger charge is -2.25. The average molecular weight is 728 g/mol. The molecule has 0 heterocycles. The summed E-state index contributed by atoms with van der Waals surface area (Å²) in [6.45, 7) is -1.24. The van der Waals surface area contributed by atoms with E-state index in [-0.39, 0.29) is 38.5 Å². The maximum atomic E-state index is 13.1. The maximum Gasteiger partial charge on any atom is 0.303 e. The van der Waals surface area contributed by atoms with Gasteiger partial charge in [0, 0.05) is 50.6 Å². The number of ketones is 1. The molecule has 14 N–H and O–H groups in total. The van der Waals surface area contributed by atoms with Gasteiger partial charge in [0.05, 0.1) is 31.5 Å². The molecule has 0 aromatic rings. The van der Waals surface area contributed by atoms with Crippen molar-refractivity contribution < 1.29 is 84.9 Å². The van der Waals surface area contributed by atoms with Crippen molar-refractivity contribution in [3.63, 3.8) is 0 Å². The summed E-state index contributed by atoms with van der Waals surface area (Å²) >= 11 is 0. The van der Waals surface area contributed by atoms with Gasteiger partial charge in [-0.3, -0.25) is 24.0 Å². The molecule has 0 radical (unpaired) electrons. The van der Waals surface area contributed by atoms with Crippen molar-refractivity contribution in [2.24, 2.45) is 11.8 Å². The van der Waals surface area contributed by atoms with E-state index in [1.165, 1.54) is 0 Å². The molecule has 0 unspecified atom stereocenters. The first-order valence-corrected chi connectivity index (χ1v) is 16.1. The predicted octanol–water partition coefficient (Wildman–Crippen LogP) is -6.20.